The van der Waals surface area contributed by atoms with Crippen LogP contribution in [0.15, 0.2) is 30.3 Å². The summed E-state index contributed by atoms with van der Waals surface area (Å²) in [5.74, 6) is -1.14. The van der Waals surface area contributed by atoms with E-state index in [9.17, 15) is 9.90 Å². The van der Waals surface area contributed by atoms with E-state index in [1.54, 1.807) is 6.92 Å². The summed E-state index contributed by atoms with van der Waals surface area (Å²) in [7, 11) is 0. The molecule has 15 heavy (non-hydrogen) atoms. The summed E-state index contributed by atoms with van der Waals surface area (Å²) in [6.45, 7) is 1.68. The second-order valence-electron chi connectivity index (χ2n) is 3.68. The number of carboxylic acids is 1. The number of aryl methyl sites for hydroxylation is 1. The number of carbonyl (C=O) groups is 1. The van der Waals surface area contributed by atoms with Crippen molar-refractivity contribution in [3.63, 3.8) is 0 Å². The van der Waals surface area contributed by atoms with Gasteiger partial charge in [-0.2, -0.15) is 0 Å². The van der Waals surface area contributed by atoms with Crippen molar-refractivity contribution in [2.45, 2.75) is 31.8 Å². The van der Waals surface area contributed by atoms with Gasteiger partial charge in [0.15, 0.2) is 5.60 Å². The summed E-state index contributed by atoms with van der Waals surface area (Å²) >= 11 is 0. The molecule has 1 aromatic carbocycles. The molecule has 0 saturated carbocycles. The van der Waals surface area contributed by atoms with Gasteiger partial charge in [0, 0.05) is 0 Å². The summed E-state index contributed by atoms with van der Waals surface area (Å²) in [6, 6.07) is 9.57. The maximum absolute atomic E-state index is 10.8. The molecule has 3 nitrogen and oxygen atoms in total. The summed E-state index contributed by atoms with van der Waals surface area (Å²) in [4.78, 5) is 10.8. The molecule has 1 rings (SSSR count). The standard InChI is InChI=1S/C12H16O3/c1-2-12(15,11(13)14)9-8-10-6-4-3-5-7-10/h3-7,15H,2,8-9H2,1H3,(H,13,14)/t12-/m1/s1. The lowest BCUT2D eigenvalue weighted by Gasteiger charge is -2.21. The molecule has 0 unspecified atom stereocenters. The van der Waals surface area contributed by atoms with Crippen LogP contribution in [0.4, 0.5) is 0 Å². The fourth-order valence-electron chi connectivity index (χ4n) is 1.43. The highest BCUT2D eigenvalue weighted by atomic mass is 16.4. The lowest BCUT2D eigenvalue weighted by atomic mass is 9.92. The Morgan fingerprint density at radius 3 is 2.40 bits per heavy atom. The predicted molar refractivity (Wildman–Crippen MR) is 57.6 cm³/mol. The second kappa shape index (κ2) is 4.94. The molecule has 82 valence electrons. The molecule has 0 aliphatic heterocycles. The van der Waals surface area contributed by atoms with E-state index < -0.39 is 11.6 Å². The molecular weight excluding hydrogens is 192 g/mol. The number of rotatable bonds is 5. The van der Waals surface area contributed by atoms with Crippen LogP contribution >= 0.6 is 0 Å². The lowest BCUT2D eigenvalue weighted by molar-refractivity contribution is -0.159. The Kier molecular flexibility index (Phi) is 3.86. The van der Waals surface area contributed by atoms with E-state index in [1.165, 1.54) is 0 Å². The number of hydrogen-bond donors (Lipinski definition) is 2. The average Bonchev–Trinajstić information content (AvgIpc) is 2.27. The third-order valence-electron chi connectivity index (χ3n) is 2.65. The van der Waals surface area contributed by atoms with Crippen molar-refractivity contribution < 1.29 is 15.0 Å². The van der Waals surface area contributed by atoms with Gasteiger partial charge in [-0.15, -0.1) is 0 Å². The lowest BCUT2D eigenvalue weighted by Crippen LogP contribution is -2.38. The number of aliphatic hydroxyl groups is 1. The van der Waals surface area contributed by atoms with Crippen LogP contribution in [0, 0.1) is 0 Å². The molecule has 0 amide bonds. The minimum Gasteiger partial charge on any atom is -0.479 e. The first-order valence-corrected chi connectivity index (χ1v) is 5.08. The normalized spacial score (nSPS) is 14.5. The van der Waals surface area contributed by atoms with Crippen molar-refractivity contribution in [1.82, 2.24) is 0 Å². The van der Waals surface area contributed by atoms with E-state index in [-0.39, 0.29) is 12.8 Å². The number of aliphatic carboxylic acids is 1. The van der Waals surface area contributed by atoms with Gasteiger partial charge in [-0.25, -0.2) is 4.79 Å². The Morgan fingerprint density at radius 1 is 1.33 bits per heavy atom. The topological polar surface area (TPSA) is 57.5 Å². The highest BCUT2D eigenvalue weighted by Crippen LogP contribution is 2.18. The molecule has 0 aliphatic rings. The molecule has 0 spiro atoms. The molecule has 1 atom stereocenters. The zero-order chi connectivity index (χ0) is 11.3. The highest BCUT2D eigenvalue weighted by molar-refractivity contribution is 5.76. The van der Waals surface area contributed by atoms with E-state index >= 15 is 0 Å². The van der Waals surface area contributed by atoms with E-state index in [2.05, 4.69) is 0 Å². The van der Waals surface area contributed by atoms with Crippen LogP contribution in [-0.4, -0.2) is 21.8 Å². The smallest absolute Gasteiger partial charge is 0.335 e. The van der Waals surface area contributed by atoms with Gasteiger partial charge in [-0.3, -0.25) is 0 Å². The van der Waals surface area contributed by atoms with Gasteiger partial charge in [-0.05, 0) is 24.8 Å². The van der Waals surface area contributed by atoms with Crippen LogP contribution in [-0.2, 0) is 11.2 Å². The Bertz CT molecular complexity index is 321. The molecule has 0 aliphatic carbocycles. The molecule has 0 bridgehead atoms. The minimum atomic E-state index is -1.59. The summed E-state index contributed by atoms with van der Waals surface area (Å²) in [5, 5.41) is 18.6. The van der Waals surface area contributed by atoms with Crippen molar-refractivity contribution in [2.75, 3.05) is 0 Å². The first kappa shape index (κ1) is 11.7. The Labute approximate surface area is 89.4 Å². The van der Waals surface area contributed by atoms with Crippen molar-refractivity contribution >= 4 is 5.97 Å². The molecule has 2 N–H and O–H groups in total. The molecule has 0 heterocycles. The summed E-state index contributed by atoms with van der Waals surface area (Å²) in [6.07, 6.45) is 1.06. The quantitative estimate of drug-likeness (QED) is 0.776. The van der Waals surface area contributed by atoms with Gasteiger partial charge < -0.3 is 10.2 Å². The largest absolute Gasteiger partial charge is 0.479 e. The van der Waals surface area contributed by atoms with E-state index in [0.717, 1.165) is 5.56 Å². The van der Waals surface area contributed by atoms with Crippen LogP contribution in [0.1, 0.15) is 25.3 Å². The van der Waals surface area contributed by atoms with E-state index in [0.29, 0.717) is 6.42 Å². The maximum atomic E-state index is 10.8. The van der Waals surface area contributed by atoms with Crippen LogP contribution in [0.5, 0.6) is 0 Å². The maximum Gasteiger partial charge on any atom is 0.335 e. The van der Waals surface area contributed by atoms with Crippen LogP contribution in [0.25, 0.3) is 0 Å². The highest BCUT2D eigenvalue weighted by Gasteiger charge is 2.32. The molecule has 3 heteroatoms. The summed E-state index contributed by atoms with van der Waals surface area (Å²) < 4.78 is 0. The van der Waals surface area contributed by atoms with Crippen LogP contribution in [0.3, 0.4) is 0 Å². The number of hydrogen-bond acceptors (Lipinski definition) is 2. The third kappa shape index (κ3) is 3.06. The first-order chi connectivity index (χ1) is 7.08. The van der Waals surface area contributed by atoms with Crippen molar-refractivity contribution in [3.8, 4) is 0 Å². The number of benzene rings is 1. The SMILES string of the molecule is CC[C@@](O)(CCc1ccccc1)C(=O)O. The second-order valence-corrected chi connectivity index (χ2v) is 3.68. The zero-order valence-electron chi connectivity index (χ0n) is 8.81. The fraction of sp³-hybridized carbons (Fsp3) is 0.417. The Morgan fingerprint density at radius 2 is 1.93 bits per heavy atom. The van der Waals surface area contributed by atoms with Gasteiger partial charge in [0.05, 0.1) is 0 Å². The van der Waals surface area contributed by atoms with Gasteiger partial charge in [0.25, 0.3) is 0 Å². The average molecular weight is 208 g/mol. The molecule has 0 fully saturated rings. The monoisotopic (exact) mass is 208 g/mol. The first-order valence-electron chi connectivity index (χ1n) is 5.08. The molecule has 1 aromatic rings. The van der Waals surface area contributed by atoms with E-state index in [1.807, 2.05) is 30.3 Å². The molecule has 0 radical (unpaired) electrons. The fourth-order valence-corrected chi connectivity index (χ4v) is 1.43. The van der Waals surface area contributed by atoms with Gasteiger partial charge in [0.2, 0.25) is 0 Å². The molecular formula is C12H16O3. The summed E-state index contributed by atoms with van der Waals surface area (Å²) in [5.41, 5.74) is -0.541. The Balaban J connectivity index is 2.59. The van der Waals surface area contributed by atoms with Crippen molar-refractivity contribution in [1.29, 1.82) is 0 Å². The zero-order valence-corrected chi connectivity index (χ0v) is 8.81. The van der Waals surface area contributed by atoms with Gasteiger partial charge in [0.1, 0.15) is 0 Å². The minimum absolute atomic E-state index is 0.231. The van der Waals surface area contributed by atoms with Crippen LogP contribution in [0.2, 0.25) is 0 Å². The number of carboxylic acid groups (broad SMARTS) is 1. The van der Waals surface area contributed by atoms with Crippen molar-refractivity contribution in [3.05, 3.63) is 35.9 Å². The third-order valence-corrected chi connectivity index (χ3v) is 2.65. The molecule has 0 saturated heterocycles. The van der Waals surface area contributed by atoms with Gasteiger partial charge >= 0.3 is 5.97 Å². The Hall–Kier alpha value is -1.35. The molecule has 0 aromatic heterocycles. The predicted octanol–water partition coefficient (Wildman–Crippen LogP) is 1.84. The van der Waals surface area contributed by atoms with Gasteiger partial charge in [-0.1, -0.05) is 37.3 Å². The van der Waals surface area contributed by atoms with Crippen molar-refractivity contribution in [2.24, 2.45) is 0 Å². The van der Waals surface area contributed by atoms with E-state index in [4.69, 9.17) is 5.11 Å². The van der Waals surface area contributed by atoms with Crippen LogP contribution < -0.4 is 0 Å².